The van der Waals surface area contributed by atoms with E-state index < -0.39 is 0 Å². The number of hydrogen-bond donors (Lipinski definition) is 1. The van der Waals surface area contributed by atoms with E-state index >= 15 is 0 Å². The maximum absolute atomic E-state index is 5.92. The molecule has 0 aliphatic carbocycles. The van der Waals surface area contributed by atoms with Crippen LogP contribution in [0.5, 0.6) is 5.75 Å². The highest BCUT2D eigenvalue weighted by atomic mass is 32.2. The van der Waals surface area contributed by atoms with Crippen molar-refractivity contribution in [2.24, 2.45) is 21.9 Å². The van der Waals surface area contributed by atoms with E-state index in [0.717, 1.165) is 42.6 Å². The van der Waals surface area contributed by atoms with E-state index in [1.165, 1.54) is 43.3 Å². The number of ether oxygens (including phenoxy) is 1. The first-order valence-corrected chi connectivity index (χ1v) is 11.7. The average Bonchev–Trinajstić information content (AvgIpc) is 2.77. The van der Waals surface area contributed by atoms with Gasteiger partial charge in [0.25, 0.3) is 0 Å². The van der Waals surface area contributed by atoms with Gasteiger partial charge in [0, 0.05) is 18.8 Å². The summed E-state index contributed by atoms with van der Waals surface area (Å²) < 4.78 is 5.87. The van der Waals surface area contributed by atoms with Crippen molar-refractivity contribution in [3.63, 3.8) is 0 Å². The molecule has 3 rings (SSSR count). The second kappa shape index (κ2) is 12.4. The second-order valence-electron chi connectivity index (χ2n) is 7.78. The number of nitrogens with zero attached hydrogens (tertiary/aromatic N) is 3. The van der Waals surface area contributed by atoms with Crippen molar-refractivity contribution in [3.05, 3.63) is 65.7 Å². The van der Waals surface area contributed by atoms with Crippen LogP contribution in [-0.2, 0) is 5.75 Å². The molecular weight excluding hydrogens is 392 g/mol. The molecule has 2 aromatic rings. The highest BCUT2D eigenvalue weighted by Crippen LogP contribution is 2.16. The SMILES string of the molecule is CC1CCCN(CCCOc2ccc(C=NN=C(N)SCc3ccccc3)cc2)C1. The van der Waals surface area contributed by atoms with Crippen molar-refractivity contribution >= 4 is 23.1 Å². The zero-order valence-electron chi connectivity index (χ0n) is 17.7. The molecule has 1 aliphatic heterocycles. The first-order valence-electron chi connectivity index (χ1n) is 10.7. The van der Waals surface area contributed by atoms with E-state index in [2.05, 4.69) is 34.2 Å². The van der Waals surface area contributed by atoms with E-state index in [1.54, 1.807) is 6.21 Å². The minimum atomic E-state index is 0.457. The van der Waals surface area contributed by atoms with Gasteiger partial charge < -0.3 is 15.4 Å². The lowest BCUT2D eigenvalue weighted by Crippen LogP contribution is -2.35. The van der Waals surface area contributed by atoms with Crippen LogP contribution in [0.1, 0.15) is 37.3 Å². The van der Waals surface area contributed by atoms with E-state index in [4.69, 9.17) is 10.5 Å². The zero-order valence-corrected chi connectivity index (χ0v) is 18.6. The molecule has 0 bridgehead atoms. The number of nitrogens with two attached hydrogens (primary N) is 1. The Morgan fingerprint density at radius 3 is 2.77 bits per heavy atom. The average molecular weight is 425 g/mol. The van der Waals surface area contributed by atoms with Crippen molar-refractivity contribution < 1.29 is 4.74 Å². The van der Waals surface area contributed by atoms with Gasteiger partial charge in [0.05, 0.1) is 12.8 Å². The molecule has 0 amide bonds. The third-order valence-corrected chi connectivity index (χ3v) is 5.96. The molecule has 0 aromatic heterocycles. The molecule has 0 spiro atoms. The molecule has 2 N–H and O–H groups in total. The number of piperidine rings is 1. The minimum absolute atomic E-state index is 0.457. The van der Waals surface area contributed by atoms with Crippen LogP contribution in [0.25, 0.3) is 0 Å². The normalized spacial score (nSPS) is 18.0. The quantitative estimate of drug-likeness (QED) is 0.273. The first-order chi connectivity index (χ1) is 14.7. The Morgan fingerprint density at radius 2 is 2.00 bits per heavy atom. The van der Waals surface area contributed by atoms with E-state index in [0.29, 0.717) is 5.17 Å². The molecular formula is C24H32N4OS. The number of amidine groups is 1. The number of rotatable bonds is 9. The fraction of sp³-hybridized carbons (Fsp3) is 0.417. The Labute approximate surface area is 184 Å². The summed E-state index contributed by atoms with van der Waals surface area (Å²) in [6.45, 7) is 6.67. The Balaban J connectivity index is 1.35. The Bertz CT molecular complexity index is 808. The van der Waals surface area contributed by atoms with Crippen molar-refractivity contribution in [3.8, 4) is 5.75 Å². The molecule has 1 atom stereocenters. The highest BCUT2D eigenvalue weighted by Gasteiger charge is 2.15. The number of benzene rings is 2. The molecule has 1 saturated heterocycles. The Hall–Kier alpha value is -2.31. The highest BCUT2D eigenvalue weighted by molar-refractivity contribution is 8.13. The van der Waals surface area contributed by atoms with Crippen LogP contribution in [0.2, 0.25) is 0 Å². The van der Waals surface area contributed by atoms with Gasteiger partial charge in [-0.25, -0.2) is 0 Å². The summed E-state index contributed by atoms with van der Waals surface area (Å²) >= 11 is 1.48. The molecule has 2 aromatic carbocycles. The minimum Gasteiger partial charge on any atom is -0.494 e. The van der Waals surface area contributed by atoms with Gasteiger partial charge in [-0.05, 0) is 67.1 Å². The van der Waals surface area contributed by atoms with Crippen molar-refractivity contribution in [2.45, 2.75) is 31.9 Å². The summed E-state index contributed by atoms with van der Waals surface area (Å²) in [5, 5.41) is 8.60. The van der Waals surface area contributed by atoms with Crippen LogP contribution in [0.15, 0.2) is 64.8 Å². The van der Waals surface area contributed by atoms with Gasteiger partial charge in [0.1, 0.15) is 5.75 Å². The second-order valence-corrected chi connectivity index (χ2v) is 8.77. The zero-order chi connectivity index (χ0) is 21.0. The Kier molecular flexibility index (Phi) is 9.25. The van der Waals surface area contributed by atoms with Gasteiger partial charge in [-0.15, -0.1) is 5.10 Å². The number of likely N-dealkylation sites (tertiary alicyclic amines) is 1. The number of hydrogen-bond acceptors (Lipinski definition) is 5. The lowest BCUT2D eigenvalue weighted by Gasteiger charge is -2.30. The molecule has 30 heavy (non-hydrogen) atoms. The maximum Gasteiger partial charge on any atom is 0.180 e. The summed E-state index contributed by atoms with van der Waals surface area (Å²) in [6.07, 6.45) is 5.46. The first kappa shape index (κ1) is 22.4. The molecule has 0 saturated carbocycles. The monoisotopic (exact) mass is 424 g/mol. The van der Waals surface area contributed by atoms with Gasteiger partial charge in [-0.2, -0.15) is 5.10 Å². The van der Waals surface area contributed by atoms with Gasteiger partial charge in [0.15, 0.2) is 5.17 Å². The third-order valence-electron chi connectivity index (χ3n) is 5.10. The van der Waals surface area contributed by atoms with Crippen LogP contribution in [0.4, 0.5) is 0 Å². The Morgan fingerprint density at radius 1 is 1.20 bits per heavy atom. The van der Waals surface area contributed by atoms with Crippen LogP contribution in [0.3, 0.4) is 0 Å². The summed E-state index contributed by atoms with van der Waals surface area (Å²) in [5.74, 6) is 2.51. The van der Waals surface area contributed by atoms with Crippen molar-refractivity contribution in [1.29, 1.82) is 0 Å². The fourth-order valence-corrected chi connectivity index (χ4v) is 4.14. The van der Waals surface area contributed by atoms with Gasteiger partial charge in [-0.1, -0.05) is 49.0 Å². The van der Waals surface area contributed by atoms with Crippen LogP contribution >= 0.6 is 11.8 Å². The molecule has 1 unspecified atom stereocenters. The predicted octanol–water partition coefficient (Wildman–Crippen LogP) is 4.77. The molecule has 0 radical (unpaired) electrons. The summed E-state index contributed by atoms with van der Waals surface area (Å²) in [6, 6.07) is 18.1. The molecule has 160 valence electrons. The molecule has 6 heteroatoms. The van der Waals surface area contributed by atoms with E-state index in [-0.39, 0.29) is 0 Å². The lowest BCUT2D eigenvalue weighted by atomic mass is 10.0. The molecule has 1 aliphatic rings. The van der Waals surface area contributed by atoms with E-state index in [9.17, 15) is 0 Å². The largest absolute Gasteiger partial charge is 0.494 e. The van der Waals surface area contributed by atoms with Gasteiger partial charge in [-0.3, -0.25) is 0 Å². The lowest BCUT2D eigenvalue weighted by molar-refractivity contribution is 0.170. The van der Waals surface area contributed by atoms with Gasteiger partial charge in [0.2, 0.25) is 0 Å². The fourth-order valence-electron chi connectivity index (χ4n) is 3.53. The van der Waals surface area contributed by atoms with E-state index in [1.807, 2.05) is 42.5 Å². The number of thioether (sulfide) groups is 1. The predicted molar refractivity (Wildman–Crippen MR) is 128 cm³/mol. The van der Waals surface area contributed by atoms with Crippen molar-refractivity contribution in [2.75, 3.05) is 26.2 Å². The summed E-state index contributed by atoms with van der Waals surface area (Å²) in [5.41, 5.74) is 8.10. The molecule has 1 heterocycles. The topological polar surface area (TPSA) is 63.2 Å². The van der Waals surface area contributed by atoms with Crippen molar-refractivity contribution in [1.82, 2.24) is 4.90 Å². The third kappa shape index (κ3) is 8.20. The van der Waals surface area contributed by atoms with Crippen LogP contribution in [0, 0.1) is 5.92 Å². The van der Waals surface area contributed by atoms with Gasteiger partial charge >= 0.3 is 0 Å². The van der Waals surface area contributed by atoms with Crippen LogP contribution < -0.4 is 10.5 Å². The molecule has 1 fully saturated rings. The molecule has 5 nitrogen and oxygen atoms in total. The maximum atomic E-state index is 5.92. The van der Waals surface area contributed by atoms with Crippen LogP contribution in [-0.4, -0.2) is 42.5 Å². The standard InChI is InChI=1S/C24H32N4OS/c1-20-7-5-14-28(18-20)15-6-16-29-23-12-10-21(11-13-23)17-26-27-24(25)30-19-22-8-3-2-4-9-22/h2-4,8-13,17,20H,5-7,14-16,18-19H2,1H3,(H2,25,27). The summed E-state index contributed by atoms with van der Waals surface area (Å²) in [7, 11) is 0. The summed E-state index contributed by atoms with van der Waals surface area (Å²) in [4.78, 5) is 2.56. The smallest absolute Gasteiger partial charge is 0.180 e.